The minimum atomic E-state index is -0.596. The highest BCUT2D eigenvalue weighted by atomic mass is 35.5. The number of nitrogens with one attached hydrogen (secondary N) is 1. The molecule has 0 atom stereocenters. The van der Waals surface area contributed by atoms with Gasteiger partial charge in [0.05, 0.1) is 21.9 Å². The molecule has 164 valence electrons. The molecule has 32 heavy (non-hydrogen) atoms. The standard InChI is InChI=1S/C22H19ClN4O5/c23-17-14-15(24-21(28)16-4-1-2-5-18(16)27(30)31)7-8-19(17)25-9-11-26(12-10-25)22(29)20-6-3-13-32-20/h1-8,13-14H,9-12H2,(H,24,28). The number of hydrogen-bond acceptors (Lipinski definition) is 6. The van der Waals surface area contributed by atoms with Crippen molar-refractivity contribution in [3.63, 3.8) is 0 Å². The molecule has 1 saturated heterocycles. The Hall–Kier alpha value is -3.85. The molecule has 0 spiro atoms. The number of nitro benzene ring substituents is 1. The summed E-state index contributed by atoms with van der Waals surface area (Å²) in [5, 5.41) is 14.2. The number of amides is 2. The third kappa shape index (κ3) is 4.42. The van der Waals surface area contributed by atoms with E-state index in [2.05, 4.69) is 10.2 Å². The minimum Gasteiger partial charge on any atom is -0.459 e. The Kier molecular flexibility index (Phi) is 6.09. The fraction of sp³-hybridized carbons (Fsp3) is 0.182. The van der Waals surface area contributed by atoms with E-state index in [1.54, 1.807) is 41.3 Å². The smallest absolute Gasteiger partial charge is 0.289 e. The molecular formula is C22H19ClN4O5. The van der Waals surface area contributed by atoms with Crippen LogP contribution in [-0.2, 0) is 0 Å². The van der Waals surface area contributed by atoms with E-state index in [-0.39, 0.29) is 17.2 Å². The van der Waals surface area contributed by atoms with Gasteiger partial charge in [0.2, 0.25) is 0 Å². The average molecular weight is 455 g/mol. The van der Waals surface area contributed by atoms with Gasteiger partial charge in [0, 0.05) is 37.9 Å². The molecular weight excluding hydrogens is 436 g/mol. The lowest BCUT2D eigenvalue weighted by Crippen LogP contribution is -2.48. The summed E-state index contributed by atoms with van der Waals surface area (Å²) in [6.07, 6.45) is 1.47. The Morgan fingerprint density at radius 3 is 2.44 bits per heavy atom. The Bertz CT molecular complexity index is 1160. The third-order valence-electron chi connectivity index (χ3n) is 5.19. The van der Waals surface area contributed by atoms with E-state index in [4.69, 9.17) is 16.0 Å². The van der Waals surface area contributed by atoms with Crippen LogP contribution in [0, 0.1) is 10.1 Å². The molecule has 2 aromatic carbocycles. The zero-order valence-corrected chi connectivity index (χ0v) is 17.6. The molecule has 1 aromatic heterocycles. The molecule has 10 heteroatoms. The van der Waals surface area contributed by atoms with Crippen molar-refractivity contribution in [2.45, 2.75) is 0 Å². The molecule has 4 rings (SSSR count). The highest BCUT2D eigenvalue weighted by Crippen LogP contribution is 2.30. The van der Waals surface area contributed by atoms with Crippen LogP contribution in [0.1, 0.15) is 20.9 Å². The number of benzene rings is 2. The van der Waals surface area contributed by atoms with Crippen LogP contribution in [0.5, 0.6) is 0 Å². The SMILES string of the molecule is O=C(Nc1ccc(N2CCN(C(=O)c3ccco3)CC2)c(Cl)c1)c1ccccc1[N+](=O)[O-]. The number of nitro groups is 1. The van der Waals surface area contributed by atoms with Gasteiger partial charge in [-0.05, 0) is 36.4 Å². The Balaban J connectivity index is 1.41. The maximum Gasteiger partial charge on any atom is 0.289 e. The molecule has 0 aliphatic carbocycles. The predicted molar refractivity (Wildman–Crippen MR) is 119 cm³/mol. The van der Waals surface area contributed by atoms with Crippen LogP contribution >= 0.6 is 11.6 Å². The summed E-state index contributed by atoms with van der Waals surface area (Å²) in [7, 11) is 0. The van der Waals surface area contributed by atoms with E-state index in [0.29, 0.717) is 42.6 Å². The van der Waals surface area contributed by atoms with Gasteiger partial charge in [0.25, 0.3) is 17.5 Å². The van der Waals surface area contributed by atoms with Gasteiger partial charge >= 0.3 is 0 Å². The number of carbonyl (C=O) groups excluding carboxylic acids is 2. The lowest BCUT2D eigenvalue weighted by Gasteiger charge is -2.36. The normalized spacial score (nSPS) is 13.7. The highest BCUT2D eigenvalue weighted by molar-refractivity contribution is 6.33. The van der Waals surface area contributed by atoms with Crippen molar-refractivity contribution >= 4 is 40.5 Å². The van der Waals surface area contributed by atoms with E-state index >= 15 is 0 Å². The number of furan rings is 1. The van der Waals surface area contributed by atoms with Crippen molar-refractivity contribution in [1.82, 2.24) is 4.90 Å². The third-order valence-corrected chi connectivity index (χ3v) is 5.49. The van der Waals surface area contributed by atoms with E-state index in [0.717, 1.165) is 5.69 Å². The summed E-state index contributed by atoms with van der Waals surface area (Å²) in [6, 6.07) is 14.1. The number of hydrogen-bond donors (Lipinski definition) is 1. The number of carbonyl (C=O) groups is 2. The molecule has 1 aliphatic heterocycles. The van der Waals surface area contributed by atoms with Crippen molar-refractivity contribution in [2.75, 3.05) is 36.4 Å². The van der Waals surface area contributed by atoms with Gasteiger partial charge in [-0.1, -0.05) is 23.7 Å². The first-order chi connectivity index (χ1) is 15.4. The quantitative estimate of drug-likeness (QED) is 0.460. The molecule has 0 bridgehead atoms. The van der Waals surface area contributed by atoms with Gasteiger partial charge in [-0.2, -0.15) is 0 Å². The fourth-order valence-corrected chi connectivity index (χ4v) is 3.87. The van der Waals surface area contributed by atoms with Crippen molar-refractivity contribution in [1.29, 1.82) is 0 Å². The second-order valence-electron chi connectivity index (χ2n) is 7.15. The predicted octanol–water partition coefficient (Wildman–Crippen LogP) is 4.06. The maximum atomic E-state index is 12.5. The second-order valence-corrected chi connectivity index (χ2v) is 7.56. The zero-order valence-electron chi connectivity index (χ0n) is 16.9. The first kappa shape index (κ1) is 21.4. The average Bonchev–Trinajstić information content (AvgIpc) is 3.34. The van der Waals surface area contributed by atoms with E-state index in [9.17, 15) is 19.7 Å². The number of piperazine rings is 1. The molecule has 1 N–H and O–H groups in total. The molecule has 2 heterocycles. The minimum absolute atomic E-state index is 0.0324. The fourth-order valence-electron chi connectivity index (χ4n) is 3.57. The van der Waals surface area contributed by atoms with Gasteiger partial charge in [-0.3, -0.25) is 19.7 Å². The van der Waals surface area contributed by atoms with Crippen LogP contribution in [0.3, 0.4) is 0 Å². The summed E-state index contributed by atoms with van der Waals surface area (Å²) in [5.74, 6) is -0.421. The first-order valence-corrected chi connectivity index (χ1v) is 10.2. The number of para-hydroxylation sites is 1. The van der Waals surface area contributed by atoms with Crippen molar-refractivity contribution < 1.29 is 18.9 Å². The van der Waals surface area contributed by atoms with Crippen LogP contribution < -0.4 is 10.2 Å². The molecule has 0 unspecified atom stereocenters. The van der Waals surface area contributed by atoms with Crippen LogP contribution in [0.15, 0.2) is 65.3 Å². The first-order valence-electron chi connectivity index (χ1n) is 9.86. The molecule has 9 nitrogen and oxygen atoms in total. The van der Waals surface area contributed by atoms with Crippen LogP contribution in [0.25, 0.3) is 0 Å². The molecule has 0 saturated carbocycles. The van der Waals surface area contributed by atoms with Gasteiger partial charge in [-0.15, -0.1) is 0 Å². The van der Waals surface area contributed by atoms with Gasteiger partial charge < -0.3 is 19.5 Å². The molecule has 3 aromatic rings. The van der Waals surface area contributed by atoms with E-state index in [1.807, 2.05) is 0 Å². The van der Waals surface area contributed by atoms with Gasteiger partial charge in [-0.25, -0.2) is 0 Å². The lowest BCUT2D eigenvalue weighted by molar-refractivity contribution is -0.385. The molecule has 1 aliphatic rings. The second kappa shape index (κ2) is 9.11. The molecule has 0 radical (unpaired) electrons. The number of nitrogens with zero attached hydrogens (tertiary/aromatic N) is 3. The summed E-state index contributed by atoms with van der Waals surface area (Å²) >= 11 is 6.46. The number of anilines is 2. The number of halogens is 1. The van der Waals surface area contributed by atoms with Crippen molar-refractivity contribution in [3.05, 3.63) is 87.3 Å². The van der Waals surface area contributed by atoms with E-state index < -0.39 is 10.8 Å². The van der Waals surface area contributed by atoms with Gasteiger partial charge in [0.1, 0.15) is 5.56 Å². The van der Waals surface area contributed by atoms with Crippen LogP contribution in [0.4, 0.5) is 17.1 Å². The maximum absolute atomic E-state index is 12.5. The summed E-state index contributed by atoms with van der Waals surface area (Å²) < 4.78 is 5.18. The molecule has 1 fully saturated rings. The monoisotopic (exact) mass is 454 g/mol. The van der Waals surface area contributed by atoms with Crippen molar-refractivity contribution in [2.24, 2.45) is 0 Å². The highest BCUT2D eigenvalue weighted by Gasteiger charge is 2.25. The van der Waals surface area contributed by atoms with Crippen LogP contribution in [0.2, 0.25) is 5.02 Å². The topological polar surface area (TPSA) is 109 Å². The number of rotatable bonds is 5. The summed E-state index contributed by atoms with van der Waals surface area (Å²) in [6.45, 7) is 2.22. The summed E-state index contributed by atoms with van der Waals surface area (Å²) in [5.41, 5.74) is 0.902. The Morgan fingerprint density at radius 2 is 1.78 bits per heavy atom. The summed E-state index contributed by atoms with van der Waals surface area (Å²) in [4.78, 5) is 39.3. The lowest BCUT2D eigenvalue weighted by atomic mass is 10.1. The van der Waals surface area contributed by atoms with Crippen LogP contribution in [-0.4, -0.2) is 47.8 Å². The van der Waals surface area contributed by atoms with Crippen molar-refractivity contribution in [3.8, 4) is 0 Å². The Morgan fingerprint density at radius 1 is 1.03 bits per heavy atom. The Labute approximate surface area is 188 Å². The zero-order chi connectivity index (χ0) is 22.7. The molecule has 2 amide bonds. The largest absolute Gasteiger partial charge is 0.459 e. The van der Waals surface area contributed by atoms with Gasteiger partial charge in [0.15, 0.2) is 5.76 Å². The van der Waals surface area contributed by atoms with E-state index in [1.165, 1.54) is 24.5 Å².